The molecule has 6 nitrogen and oxygen atoms in total. The first-order valence-electron chi connectivity index (χ1n) is 7.09. The third kappa shape index (κ3) is 3.48. The van der Waals surface area contributed by atoms with Crippen molar-refractivity contribution in [2.24, 2.45) is 11.8 Å². The molecule has 0 spiro atoms. The quantitative estimate of drug-likeness (QED) is 0.476. The zero-order chi connectivity index (χ0) is 14.7. The maximum Gasteiger partial charge on any atom is 0.163 e. The number of nitrogens with one attached hydrogen (secondary N) is 2. The average molecular weight is 285 g/mol. The van der Waals surface area contributed by atoms with Crippen LogP contribution in [0, 0.1) is 5.92 Å². The first-order chi connectivity index (χ1) is 10.3. The topological polar surface area (TPSA) is 96.1 Å². The molecule has 6 heteroatoms. The maximum atomic E-state index is 9.92. The molecule has 1 saturated carbocycles. The second kappa shape index (κ2) is 6.07. The number of aliphatic hydroxyl groups excluding tert-OH is 1. The number of nitrogen functional groups attached to an aromatic ring is 1. The van der Waals surface area contributed by atoms with Crippen molar-refractivity contribution in [3.8, 4) is 11.4 Å². The predicted octanol–water partition coefficient (Wildman–Crippen LogP) is 1.61. The number of nitrogens with two attached hydrogens (primary N) is 1. The fourth-order valence-corrected chi connectivity index (χ4v) is 2.18. The minimum absolute atomic E-state index is 0.325. The van der Waals surface area contributed by atoms with Crippen molar-refractivity contribution in [3.63, 3.8) is 0 Å². The Labute approximate surface area is 123 Å². The number of anilines is 2. The summed E-state index contributed by atoms with van der Waals surface area (Å²) in [4.78, 5) is 8.82. The summed E-state index contributed by atoms with van der Waals surface area (Å²) in [6.07, 6.45) is 1.89. The predicted molar refractivity (Wildman–Crippen MR) is 82.5 cm³/mol. The van der Waals surface area contributed by atoms with E-state index in [0.29, 0.717) is 29.9 Å². The van der Waals surface area contributed by atoms with Gasteiger partial charge in [0.15, 0.2) is 5.82 Å². The Balaban J connectivity index is 1.79. The van der Waals surface area contributed by atoms with Gasteiger partial charge in [-0.25, -0.2) is 15.8 Å². The Morgan fingerprint density at radius 1 is 1.19 bits per heavy atom. The lowest BCUT2D eigenvalue weighted by molar-refractivity contribution is 0.164. The Hall–Kier alpha value is -2.18. The smallest absolute Gasteiger partial charge is 0.163 e. The van der Waals surface area contributed by atoms with Crippen molar-refractivity contribution in [2.75, 3.05) is 17.3 Å². The molecule has 0 amide bonds. The van der Waals surface area contributed by atoms with Crippen LogP contribution in [0.5, 0.6) is 0 Å². The highest BCUT2D eigenvalue weighted by molar-refractivity contribution is 5.60. The van der Waals surface area contributed by atoms with E-state index in [1.54, 1.807) is 6.07 Å². The van der Waals surface area contributed by atoms with Gasteiger partial charge < -0.3 is 15.8 Å². The van der Waals surface area contributed by atoms with E-state index in [-0.39, 0.29) is 6.10 Å². The van der Waals surface area contributed by atoms with Crippen LogP contribution >= 0.6 is 0 Å². The highest BCUT2D eigenvalue weighted by Gasteiger charge is 2.29. The zero-order valence-corrected chi connectivity index (χ0v) is 11.7. The molecule has 1 fully saturated rings. The molecular formula is C15H19N5O. The zero-order valence-electron chi connectivity index (χ0n) is 11.7. The molecule has 3 rings (SSSR count). The third-order valence-corrected chi connectivity index (χ3v) is 3.56. The number of hydrazine groups is 1. The van der Waals surface area contributed by atoms with E-state index in [0.717, 1.165) is 18.4 Å². The van der Waals surface area contributed by atoms with Gasteiger partial charge in [0.1, 0.15) is 11.6 Å². The standard InChI is InChI=1S/C15H19N5O/c16-20-14-8-13(17-9-12(21)10-6-7-10)18-15(19-14)11-4-2-1-3-5-11/h1-5,8,10,12,21H,6-7,9,16H2,(H2,17,18,19,20). The van der Waals surface area contributed by atoms with Gasteiger partial charge in [0, 0.05) is 18.2 Å². The minimum atomic E-state index is -0.325. The molecule has 1 heterocycles. The highest BCUT2D eigenvalue weighted by atomic mass is 16.3. The van der Waals surface area contributed by atoms with Gasteiger partial charge in [-0.3, -0.25) is 0 Å². The first kappa shape index (κ1) is 13.8. The fourth-order valence-electron chi connectivity index (χ4n) is 2.18. The molecule has 0 bridgehead atoms. The largest absolute Gasteiger partial charge is 0.391 e. The molecule has 110 valence electrons. The van der Waals surface area contributed by atoms with E-state index in [4.69, 9.17) is 5.84 Å². The molecule has 1 aliphatic carbocycles. The summed E-state index contributed by atoms with van der Waals surface area (Å²) in [5.74, 6) is 7.67. The van der Waals surface area contributed by atoms with Crippen LogP contribution in [0.4, 0.5) is 11.6 Å². The second-order valence-corrected chi connectivity index (χ2v) is 5.26. The molecule has 1 aliphatic rings. The average Bonchev–Trinajstić information content (AvgIpc) is 3.38. The van der Waals surface area contributed by atoms with E-state index < -0.39 is 0 Å². The van der Waals surface area contributed by atoms with Crippen LogP contribution in [0.25, 0.3) is 11.4 Å². The molecule has 0 aliphatic heterocycles. The molecule has 5 N–H and O–H groups in total. The third-order valence-electron chi connectivity index (χ3n) is 3.56. The van der Waals surface area contributed by atoms with Crippen LogP contribution in [-0.2, 0) is 0 Å². The van der Waals surface area contributed by atoms with Crippen LogP contribution in [0.2, 0.25) is 0 Å². The van der Waals surface area contributed by atoms with Crippen molar-refractivity contribution in [1.29, 1.82) is 0 Å². The molecule has 1 atom stereocenters. The number of nitrogens with zero attached hydrogens (tertiary/aromatic N) is 2. The van der Waals surface area contributed by atoms with Crippen LogP contribution < -0.4 is 16.6 Å². The van der Waals surface area contributed by atoms with Crippen molar-refractivity contribution in [1.82, 2.24) is 9.97 Å². The molecular weight excluding hydrogens is 266 g/mol. The Morgan fingerprint density at radius 2 is 1.90 bits per heavy atom. The van der Waals surface area contributed by atoms with E-state index >= 15 is 0 Å². The Morgan fingerprint density at radius 3 is 2.57 bits per heavy atom. The molecule has 2 aromatic rings. The molecule has 1 aromatic carbocycles. The Bertz CT molecular complexity index is 600. The molecule has 21 heavy (non-hydrogen) atoms. The van der Waals surface area contributed by atoms with Crippen LogP contribution in [-0.4, -0.2) is 27.7 Å². The van der Waals surface area contributed by atoms with Gasteiger partial charge in [0.05, 0.1) is 6.10 Å². The molecule has 0 radical (unpaired) electrons. The molecule has 0 saturated heterocycles. The monoisotopic (exact) mass is 285 g/mol. The van der Waals surface area contributed by atoms with Gasteiger partial charge in [-0.05, 0) is 18.8 Å². The van der Waals surface area contributed by atoms with E-state index in [1.807, 2.05) is 30.3 Å². The lowest BCUT2D eigenvalue weighted by Crippen LogP contribution is -2.22. The van der Waals surface area contributed by atoms with Gasteiger partial charge in [-0.2, -0.15) is 0 Å². The highest BCUT2D eigenvalue weighted by Crippen LogP contribution is 2.32. The number of rotatable bonds is 6. The van der Waals surface area contributed by atoms with E-state index in [9.17, 15) is 5.11 Å². The van der Waals surface area contributed by atoms with Gasteiger partial charge in [-0.1, -0.05) is 30.3 Å². The van der Waals surface area contributed by atoms with Crippen molar-refractivity contribution >= 4 is 11.6 Å². The van der Waals surface area contributed by atoms with Gasteiger partial charge in [0.25, 0.3) is 0 Å². The molecule has 1 unspecified atom stereocenters. The SMILES string of the molecule is NNc1cc(NCC(O)C2CC2)nc(-c2ccccc2)n1. The summed E-state index contributed by atoms with van der Waals surface area (Å²) in [7, 11) is 0. The number of hydrogen-bond acceptors (Lipinski definition) is 6. The summed E-state index contributed by atoms with van der Waals surface area (Å²) < 4.78 is 0. The summed E-state index contributed by atoms with van der Waals surface area (Å²) in [6, 6.07) is 11.4. The number of benzene rings is 1. The van der Waals surface area contributed by atoms with Crippen molar-refractivity contribution < 1.29 is 5.11 Å². The summed E-state index contributed by atoms with van der Waals surface area (Å²) >= 11 is 0. The molecule has 1 aromatic heterocycles. The number of aliphatic hydroxyl groups is 1. The Kier molecular flexibility index (Phi) is 3.98. The van der Waals surface area contributed by atoms with E-state index in [1.165, 1.54) is 0 Å². The van der Waals surface area contributed by atoms with Crippen molar-refractivity contribution in [2.45, 2.75) is 18.9 Å². The van der Waals surface area contributed by atoms with Crippen molar-refractivity contribution in [3.05, 3.63) is 36.4 Å². The summed E-state index contributed by atoms with van der Waals surface area (Å²) in [5.41, 5.74) is 3.46. The minimum Gasteiger partial charge on any atom is -0.391 e. The number of aromatic nitrogens is 2. The normalized spacial score (nSPS) is 15.5. The van der Waals surface area contributed by atoms with Crippen LogP contribution in [0.15, 0.2) is 36.4 Å². The number of hydrogen-bond donors (Lipinski definition) is 4. The fraction of sp³-hybridized carbons (Fsp3) is 0.333. The maximum absolute atomic E-state index is 9.92. The first-order valence-corrected chi connectivity index (χ1v) is 7.09. The summed E-state index contributed by atoms with van der Waals surface area (Å²) in [5, 5.41) is 13.1. The second-order valence-electron chi connectivity index (χ2n) is 5.26. The van der Waals surface area contributed by atoms with E-state index in [2.05, 4.69) is 20.7 Å². The van der Waals surface area contributed by atoms with Crippen LogP contribution in [0.3, 0.4) is 0 Å². The lowest BCUT2D eigenvalue weighted by atomic mass is 10.2. The van der Waals surface area contributed by atoms with Gasteiger partial charge in [0.2, 0.25) is 0 Å². The summed E-state index contributed by atoms with van der Waals surface area (Å²) in [6.45, 7) is 0.486. The van der Waals surface area contributed by atoms with Gasteiger partial charge in [-0.15, -0.1) is 0 Å². The van der Waals surface area contributed by atoms with Crippen LogP contribution in [0.1, 0.15) is 12.8 Å². The van der Waals surface area contributed by atoms with Gasteiger partial charge >= 0.3 is 0 Å². The lowest BCUT2D eigenvalue weighted by Gasteiger charge is -2.13.